The van der Waals surface area contributed by atoms with Gasteiger partial charge in [0.1, 0.15) is 5.82 Å². The summed E-state index contributed by atoms with van der Waals surface area (Å²) in [6.07, 6.45) is 3.40. The van der Waals surface area contributed by atoms with Crippen LogP contribution in [0.5, 0.6) is 0 Å². The third-order valence-corrected chi connectivity index (χ3v) is 1.64. The van der Waals surface area contributed by atoms with Crippen molar-refractivity contribution in [2.75, 3.05) is 0 Å². The fraction of sp³-hybridized carbons (Fsp3) is 0.286. The van der Waals surface area contributed by atoms with Gasteiger partial charge in [-0.3, -0.25) is 9.36 Å². The standard InChI is InChI=1S/C7H7N2O/c10-7-3-4-8-6-2-1-5-9(6)7/h3-5H,1-2H2. The first-order chi connectivity index (χ1) is 4.88. The van der Waals surface area contributed by atoms with Gasteiger partial charge in [0.2, 0.25) is 0 Å². The lowest BCUT2D eigenvalue weighted by Crippen LogP contribution is -2.17. The van der Waals surface area contributed by atoms with E-state index in [1.165, 1.54) is 6.07 Å². The normalized spacial score (nSPS) is 15.2. The predicted octanol–water partition coefficient (Wildman–Crippen LogP) is 0.199. The first-order valence-electron chi connectivity index (χ1n) is 3.28. The monoisotopic (exact) mass is 135 g/mol. The molecule has 0 spiro atoms. The van der Waals surface area contributed by atoms with Crippen molar-refractivity contribution in [1.82, 2.24) is 9.55 Å². The summed E-state index contributed by atoms with van der Waals surface area (Å²) in [6, 6.07) is 1.48. The summed E-state index contributed by atoms with van der Waals surface area (Å²) < 4.78 is 1.61. The molecule has 3 heteroatoms. The van der Waals surface area contributed by atoms with E-state index < -0.39 is 0 Å². The van der Waals surface area contributed by atoms with Crippen molar-refractivity contribution in [1.29, 1.82) is 0 Å². The Balaban J connectivity index is 2.70. The Morgan fingerprint density at radius 1 is 1.60 bits per heavy atom. The molecule has 1 aromatic rings. The molecule has 1 radical (unpaired) electrons. The molecule has 0 amide bonds. The lowest BCUT2D eigenvalue weighted by molar-refractivity contribution is 0.867. The molecule has 10 heavy (non-hydrogen) atoms. The topological polar surface area (TPSA) is 34.9 Å². The van der Waals surface area contributed by atoms with Gasteiger partial charge in [-0.1, -0.05) is 0 Å². The quantitative estimate of drug-likeness (QED) is 0.509. The van der Waals surface area contributed by atoms with Crippen LogP contribution in [-0.2, 0) is 6.42 Å². The number of aromatic nitrogens is 2. The second-order valence-corrected chi connectivity index (χ2v) is 2.29. The van der Waals surface area contributed by atoms with E-state index in [9.17, 15) is 4.79 Å². The predicted molar refractivity (Wildman–Crippen MR) is 36.5 cm³/mol. The molecule has 0 fully saturated rings. The lowest BCUT2D eigenvalue weighted by Gasteiger charge is -1.96. The summed E-state index contributed by atoms with van der Waals surface area (Å²) >= 11 is 0. The van der Waals surface area contributed by atoms with Gasteiger partial charge in [0.05, 0.1) is 6.54 Å². The van der Waals surface area contributed by atoms with E-state index in [1.54, 1.807) is 10.8 Å². The summed E-state index contributed by atoms with van der Waals surface area (Å²) in [5, 5.41) is 0. The van der Waals surface area contributed by atoms with Gasteiger partial charge in [-0.25, -0.2) is 4.98 Å². The van der Waals surface area contributed by atoms with E-state index in [1.807, 2.05) is 6.54 Å². The summed E-state index contributed by atoms with van der Waals surface area (Å²) in [4.78, 5) is 15.1. The Bertz CT molecular complexity index is 303. The van der Waals surface area contributed by atoms with Crippen LogP contribution in [0.25, 0.3) is 0 Å². The molecule has 0 N–H and O–H groups in total. The summed E-state index contributed by atoms with van der Waals surface area (Å²) in [7, 11) is 0. The number of aryl methyl sites for hydroxylation is 1. The minimum Gasteiger partial charge on any atom is -0.291 e. The van der Waals surface area contributed by atoms with Crippen molar-refractivity contribution in [3.05, 3.63) is 35.0 Å². The molecular formula is C7H7N2O. The Hall–Kier alpha value is -1.12. The zero-order valence-corrected chi connectivity index (χ0v) is 5.45. The van der Waals surface area contributed by atoms with Gasteiger partial charge >= 0.3 is 0 Å². The molecule has 2 heterocycles. The number of hydrogen-bond acceptors (Lipinski definition) is 2. The summed E-state index contributed by atoms with van der Waals surface area (Å²) in [5.41, 5.74) is 0.0301. The molecule has 0 aliphatic carbocycles. The van der Waals surface area contributed by atoms with Crippen molar-refractivity contribution in [3.63, 3.8) is 0 Å². The number of hydrogen-bond donors (Lipinski definition) is 0. The minimum absolute atomic E-state index is 0.0301. The van der Waals surface area contributed by atoms with Crippen LogP contribution in [0.4, 0.5) is 0 Å². The number of nitrogens with zero attached hydrogens (tertiary/aromatic N) is 2. The fourth-order valence-electron chi connectivity index (χ4n) is 1.16. The highest BCUT2D eigenvalue weighted by Gasteiger charge is 2.11. The van der Waals surface area contributed by atoms with E-state index in [0.29, 0.717) is 0 Å². The molecule has 0 saturated heterocycles. The average molecular weight is 135 g/mol. The van der Waals surface area contributed by atoms with Crippen LogP contribution in [0.3, 0.4) is 0 Å². The molecule has 1 aliphatic rings. The molecule has 51 valence electrons. The largest absolute Gasteiger partial charge is 0.291 e. The second-order valence-electron chi connectivity index (χ2n) is 2.29. The third-order valence-electron chi connectivity index (χ3n) is 1.64. The third kappa shape index (κ3) is 0.667. The van der Waals surface area contributed by atoms with Crippen LogP contribution in [0.15, 0.2) is 17.1 Å². The maximum Gasteiger partial charge on any atom is 0.253 e. The Morgan fingerprint density at radius 3 is 3.30 bits per heavy atom. The molecule has 0 unspecified atom stereocenters. The van der Waals surface area contributed by atoms with E-state index in [4.69, 9.17) is 0 Å². The van der Waals surface area contributed by atoms with E-state index >= 15 is 0 Å². The van der Waals surface area contributed by atoms with Crippen LogP contribution in [0.2, 0.25) is 0 Å². The van der Waals surface area contributed by atoms with Gasteiger partial charge in [0, 0.05) is 18.7 Å². The van der Waals surface area contributed by atoms with Crippen molar-refractivity contribution in [2.45, 2.75) is 12.8 Å². The van der Waals surface area contributed by atoms with Gasteiger partial charge in [-0.15, -0.1) is 0 Å². The molecule has 0 saturated carbocycles. The zero-order valence-electron chi connectivity index (χ0n) is 5.45. The van der Waals surface area contributed by atoms with Gasteiger partial charge in [-0.05, 0) is 6.42 Å². The maximum absolute atomic E-state index is 11.0. The Morgan fingerprint density at radius 2 is 2.50 bits per heavy atom. The minimum atomic E-state index is 0.0301. The van der Waals surface area contributed by atoms with Crippen molar-refractivity contribution in [2.24, 2.45) is 0 Å². The van der Waals surface area contributed by atoms with Crippen LogP contribution in [0.1, 0.15) is 12.2 Å². The molecule has 0 aromatic carbocycles. The zero-order chi connectivity index (χ0) is 6.97. The highest BCUT2D eigenvalue weighted by atomic mass is 16.1. The Labute approximate surface area is 58.3 Å². The first-order valence-corrected chi connectivity index (χ1v) is 3.28. The average Bonchev–Trinajstić information content (AvgIpc) is 2.36. The maximum atomic E-state index is 11.0. The van der Waals surface area contributed by atoms with Gasteiger partial charge < -0.3 is 0 Å². The highest BCUT2D eigenvalue weighted by Crippen LogP contribution is 2.08. The molecule has 1 aromatic heterocycles. The van der Waals surface area contributed by atoms with Crippen LogP contribution in [0, 0.1) is 6.54 Å². The highest BCUT2D eigenvalue weighted by molar-refractivity contribution is 5.03. The summed E-state index contributed by atoms with van der Waals surface area (Å²) in [6.45, 7) is 1.88. The van der Waals surface area contributed by atoms with Crippen LogP contribution >= 0.6 is 0 Å². The van der Waals surface area contributed by atoms with Crippen molar-refractivity contribution in [3.8, 4) is 0 Å². The molecule has 1 aliphatic heterocycles. The van der Waals surface area contributed by atoms with E-state index in [2.05, 4.69) is 4.98 Å². The fourth-order valence-corrected chi connectivity index (χ4v) is 1.16. The van der Waals surface area contributed by atoms with Gasteiger partial charge in [-0.2, -0.15) is 0 Å². The van der Waals surface area contributed by atoms with E-state index in [0.717, 1.165) is 18.7 Å². The number of fused-ring (bicyclic) bond motifs is 1. The molecule has 3 nitrogen and oxygen atoms in total. The number of rotatable bonds is 0. The smallest absolute Gasteiger partial charge is 0.253 e. The molecule has 0 bridgehead atoms. The second kappa shape index (κ2) is 1.94. The lowest BCUT2D eigenvalue weighted by atomic mass is 10.4. The van der Waals surface area contributed by atoms with Crippen molar-refractivity contribution < 1.29 is 0 Å². The SMILES string of the molecule is O=c1ccnc2n1[CH]CC2. The molecule has 2 rings (SSSR count). The molecular weight excluding hydrogens is 128 g/mol. The van der Waals surface area contributed by atoms with Crippen LogP contribution < -0.4 is 5.56 Å². The first kappa shape index (κ1) is 5.65. The summed E-state index contributed by atoms with van der Waals surface area (Å²) in [5.74, 6) is 0.882. The van der Waals surface area contributed by atoms with Gasteiger partial charge in [0.15, 0.2) is 0 Å². The molecule has 0 atom stereocenters. The Kier molecular flexibility index (Phi) is 1.09. The van der Waals surface area contributed by atoms with Crippen LogP contribution in [-0.4, -0.2) is 9.55 Å². The van der Waals surface area contributed by atoms with Crippen molar-refractivity contribution >= 4 is 0 Å². The van der Waals surface area contributed by atoms with Gasteiger partial charge in [0.25, 0.3) is 5.56 Å². The van der Waals surface area contributed by atoms with E-state index in [-0.39, 0.29) is 5.56 Å².